The molecule has 0 aliphatic carbocycles. The monoisotopic (exact) mass is 377 g/mol. The molecule has 0 unspecified atom stereocenters. The minimum atomic E-state index is -3.34. The van der Waals surface area contributed by atoms with Gasteiger partial charge in [-0.1, -0.05) is 12.1 Å². The zero-order valence-corrected chi connectivity index (χ0v) is 15.1. The van der Waals surface area contributed by atoms with E-state index in [4.69, 9.17) is 9.47 Å². The molecule has 0 amide bonds. The van der Waals surface area contributed by atoms with E-state index in [1.165, 1.54) is 18.3 Å². The van der Waals surface area contributed by atoms with Crippen molar-refractivity contribution in [3.63, 3.8) is 0 Å². The number of ether oxygens (including phenoxy) is 2. The summed E-state index contributed by atoms with van der Waals surface area (Å²) in [7, 11) is -3.34. The van der Waals surface area contributed by atoms with Crippen molar-refractivity contribution in [2.24, 2.45) is 0 Å². The van der Waals surface area contributed by atoms with Crippen LogP contribution in [0.5, 0.6) is 5.75 Å². The fourth-order valence-electron chi connectivity index (χ4n) is 2.71. The van der Waals surface area contributed by atoms with E-state index in [0.717, 1.165) is 18.5 Å². The van der Waals surface area contributed by atoms with E-state index in [-0.39, 0.29) is 16.4 Å². The smallest absolute Gasteiger partial charge is 0.375 e. The number of hydrogen-bond donors (Lipinski definition) is 0. The van der Waals surface area contributed by atoms with Crippen LogP contribution in [0.2, 0.25) is 0 Å². The van der Waals surface area contributed by atoms with Gasteiger partial charge in [0.25, 0.3) is 0 Å². The molecule has 1 aromatic heterocycles. The van der Waals surface area contributed by atoms with Crippen LogP contribution in [0.25, 0.3) is 5.57 Å². The highest BCUT2D eigenvalue weighted by atomic mass is 32.2. The van der Waals surface area contributed by atoms with Crippen LogP contribution in [0.1, 0.15) is 19.4 Å². The average Bonchev–Trinajstić information content (AvgIpc) is 2.75. The molecule has 0 saturated heterocycles. The molecule has 1 aliphatic rings. The summed E-state index contributed by atoms with van der Waals surface area (Å²) in [5.41, 5.74) is -0.000755. The first-order valence-electron chi connectivity index (χ1n) is 7.65. The number of benzene rings is 1. The van der Waals surface area contributed by atoms with E-state index in [1.807, 2.05) is 0 Å². The van der Waals surface area contributed by atoms with Crippen LogP contribution in [0.3, 0.4) is 0 Å². The molecular formula is C18H16FNO5S. The van der Waals surface area contributed by atoms with Crippen LogP contribution in [-0.2, 0) is 19.4 Å². The van der Waals surface area contributed by atoms with Crippen LogP contribution >= 0.6 is 0 Å². The molecule has 136 valence electrons. The lowest BCUT2D eigenvalue weighted by molar-refractivity contribution is -0.145. The molecule has 0 saturated carbocycles. The molecule has 0 radical (unpaired) electrons. The number of hydrogen-bond acceptors (Lipinski definition) is 6. The molecule has 0 N–H and O–H groups in total. The predicted molar refractivity (Wildman–Crippen MR) is 91.5 cm³/mol. The summed E-state index contributed by atoms with van der Waals surface area (Å²) in [6.45, 7) is 3.37. The lowest BCUT2D eigenvalue weighted by atomic mass is 9.92. The largest absolute Gasteiger partial charge is 0.449 e. The van der Waals surface area contributed by atoms with E-state index in [9.17, 15) is 17.6 Å². The Morgan fingerprint density at radius 1 is 1.15 bits per heavy atom. The molecule has 3 rings (SSSR count). The van der Waals surface area contributed by atoms with Gasteiger partial charge in [0.05, 0.1) is 22.9 Å². The second-order valence-corrected chi connectivity index (χ2v) is 8.36. The Hall–Kier alpha value is -2.74. The number of nitrogens with zero attached hydrogens (tertiary/aromatic N) is 1. The van der Waals surface area contributed by atoms with Gasteiger partial charge in [-0.25, -0.2) is 17.6 Å². The predicted octanol–water partition coefficient (Wildman–Crippen LogP) is 2.75. The van der Waals surface area contributed by atoms with E-state index in [2.05, 4.69) is 4.98 Å². The van der Waals surface area contributed by atoms with Gasteiger partial charge in [0.1, 0.15) is 17.2 Å². The van der Waals surface area contributed by atoms with Gasteiger partial charge >= 0.3 is 5.97 Å². The van der Waals surface area contributed by atoms with Gasteiger partial charge in [-0.2, -0.15) is 0 Å². The molecular weight excluding hydrogens is 361 g/mol. The Bertz CT molecular complexity index is 1010. The van der Waals surface area contributed by atoms with Crippen LogP contribution in [0, 0.1) is 5.82 Å². The number of carbonyl (C=O) groups is 1. The standard InChI is InChI=1S/C18H16FNO5S/c1-18(2)15(11-4-6-14(7-5-11)26(3,22)23)16(17(21)25-18)24-13-8-12(19)9-20-10-13/h4-10H,1-3H3. The number of rotatable bonds is 4. The summed E-state index contributed by atoms with van der Waals surface area (Å²) in [6, 6.07) is 7.13. The van der Waals surface area contributed by atoms with Crippen molar-refractivity contribution in [3.8, 4) is 5.75 Å². The fraction of sp³-hybridized carbons (Fsp3) is 0.222. The van der Waals surface area contributed by atoms with Crippen molar-refractivity contribution in [2.45, 2.75) is 24.3 Å². The fourth-order valence-corrected chi connectivity index (χ4v) is 3.34. The topological polar surface area (TPSA) is 82.6 Å². The summed E-state index contributed by atoms with van der Waals surface area (Å²) < 4.78 is 47.5. The Morgan fingerprint density at radius 2 is 1.81 bits per heavy atom. The number of esters is 1. The first-order valence-corrected chi connectivity index (χ1v) is 9.54. The molecule has 8 heteroatoms. The third-order valence-corrected chi connectivity index (χ3v) is 4.96. The van der Waals surface area contributed by atoms with Crippen molar-refractivity contribution in [3.05, 3.63) is 59.9 Å². The van der Waals surface area contributed by atoms with Crippen molar-refractivity contribution < 1.29 is 27.1 Å². The van der Waals surface area contributed by atoms with Gasteiger partial charge in [-0.15, -0.1) is 0 Å². The number of carbonyl (C=O) groups excluding carboxylic acids is 1. The summed E-state index contributed by atoms with van der Waals surface area (Å²) in [5.74, 6) is -1.33. The quantitative estimate of drug-likeness (QED) is 0.762. The minimum Gasteiger partial charge on any atom is -0.449 e. The third kappa shape index (κ3) is 3.45. The SMILES string of the molecule is CC1(C)OC(=O)C(Oc2cncc(F)c2)=C1c1ccc(S(C)(=O)=O)cc1. The summed E-state index contributed by atoms with van der Waals surface area (Å²) in [6.07, 6.45) is 3.40. The highest BCUT2D eigenvalue weighted by molar-refractivity contribution is 7.90. The molecule has 1 aliphatic heterocycles. The van der Waals surface area contributed by atoms with Crippen LogP contribution in [0.15, 0.2) is 53.4 Å². The molecule has 6 nitrogen and oxygen atoms in total. The molecule has 2 heterocycles. The molecule has 0 spiro atoms. The maximum atomic E-state index is 13.3. The van der Waals surface area contributed by atoms with Crippen LogP contribution in [0.4, 0.5) is 4.39 Å². The van der Waals surface area contributed by atoms with Crippen molar-refractivity contribution in [1.29, 1.82) is 0 Å². The normalized spacial score (nSPS) is 16.5. The number of sulfone groups is 1. The van der Waals surface area contributed by atoms with Crippen molar-refractivity contribution in [1.82, 2.24) is 4.98 Å². The van der Waals surface area contributed by atoms with Gasteiger partial charge in [0, 0.05) is 12.3 Å². The summed E-state index contributed by atoms with van der Waals surface area (Å²) in [5, 5.41) is 0. The van der Waals surface area contributed by atoms with E-state index in [1.54, 1.807) is 26.0 Å². The van der Waals surface area contributed by atoms with Gasteiger partial charge in [-0.3, -0.25) is 4.98 Å². The first kappa shape index (κ1) is 18.1. The lowest BCUT2D eigenvalue weighted by Gasteiger charge is -2.21. The molecule has 0 atom stereocenters. The van der Waals surface area contributed by atoms with Gasteiger partial charge < -0.3 is 9.47 Å². The Labute approximate surface area is 150 Å². The number of cyclic esters (lactones) is 1. The maximum absolute atomic E-state index is 13.3. The highest BCUT2D eigenvalue weighted by Crippen LogP contribution is 2.40. The number of halogens is 1. The van der Waals surface area contributed by atoms with E-state index >= 15 is 0 Å². The van der Waals surface area contributed by atoms with Gasteiger partial charge in [0.2, 0.25) is 5.76 Å². The van der Waals surface area contributed by atoms with Gasteiger partial charge in [-0.05, 0) is 31.5 Å². The Kier molecular flexibility index (Phi) is 4.31. The number of aromatic nitrogens is 1. The summed E-state index contributed by atoms with van der Waals surface area (Å²) >= 11 is 0. The Morgan fingerprint density at radius 3 is 2.38 bits per heavy atom. The molecule has 0 bridgehead atoms. The zero-order valence-electron chi connectivity index (χ0n) is 14.3. The molecule has 1 aromatic carbocycles. The van der Waals surface area contributed by atoms with Crippen molar-refractivity contribution in [2.75, 3.05) is 6.26 Å². The Balaban J connectivity index is 2.09. The van der Waals surface area contributed by atoms with Crippen LogP contribution in [-0.4, -0.2) is 31.2 Å². The second kappa shape index (κ2) is 6.21. The van der Waals surface area contributed by atoms with Gasteiger partial charge in [0.15, 0.2) is 9.84 Å². The first-order chi connectivity index (χ1) is 12.1. The molecule has 26 heavy (non-hydrogen) atoms. The molecule has 2 aromatic rings. The van der Waals surface area contributed by atoms with E-state index < -0.39 is 27.2 Å². The minimum absolute atomic E-state index is 0.0555. The third-order valence-electron chi connectivity index (χ3n) is 3.83. The summed E-state index contributed by atoms with van der Waals surface area (Å²) in [4.78, 5) is 16.1. The average molecular weight is 377 g/mol. The maximum Gasteiger partial charge on any atom is 0.375 e. The second-order valence-electron chi connectivity index (χ2n) is 6.34. The lowest BCUT2D eigenvalue weighted by Crippen LogP contribution is -2.22. The highest BCUT2D eigenvalue weighted by Gasteiger charge is 2.43. The zero-order chi connectivity index (χ0) is 19.1. The van der Waals surface area contributed by atoms with Crippen molar-refractivity contribution >= 4 is 21.4 Å². The van der Waals surface area contributed by atoms with Crippen LogP contribution < -0.4 is 4.74 Å². The number of pyridine rings is 1. The molecule has 0 fully saturated rings. The van der Waals surface area contributed by atoms with E-state index in [0.29, 0.717) is 11.1 Å².